The van der Waals surface area contributed by atoms with Crippen LogP contribution in [0.5, 0.6) is 0 Å². The van der Waals surface area contributed by atoms with Gasteiger partial charge in [-0.3, -0.25) is 9.59 Å². The SMILES string of the molecule is O=C(O[C@H](Cc1ccccc1)c1ccccc1)C1CCN(C(=O)CCc2ccccc2)CC1. The number of likely N-dealkylation sites (tertiary alicyclic amines) is 1. The van der Waals surface area contributed by atoms with E-state index in [4.69, 9.17) is 4.74 Å². The third-order valence-corrected chi connectivity index (χ3v) is 6.35. The first-order valence-corrected chi connectivity index (χ1v) is 11.8. The zero-order chi connectivity index (χ0) is 22.9. The number of aryl methyl sites for hydroxylation is 1. The number of nitrogens with zero attached hydrogens (tertiary/aromatic N) is 1. The van der Waals surface area contributed by atoms with Crippen LogP contribution in [0.2, 0.25) is 0 Å². The second kappa shape index (κ2) is 11.5. The van der Waals surface area contributed by atoms with Crippen LogP contribution >= 0.6 is 0 Å². The molecule has 3 aromatic rings. The second-order valence-electron chi connectivity index (χ2n) is 8.67. The number of piperidine rings is 1. The van der Waals surface area contributed by atoms with Crippen molar-refractivity contribution in [2.45, 2.75) is 38.2 Å². The van der Waals surface area contributed by atoms with Gasteiger partial charge in [0.1, 0.15) is 6.10 Å². The molecule has 4 rings (SSSR count). The van der Waals surface area contributed by atoms with E-state index in [1.54, 1.807) is 0 Å². The molecule has 1 saturated heterocycles. The normalized spacial score (nSPS) is 15.1. The zero-order valence-corrected chi connectivity index (χ0v) is 18.9. The minimum atomic E-state index is -0.313. The van der Waals surface area contributed by atoms with Gasteiger partial charge in [-0.15, -0.1) is 0 Å². The monoisotopic (exact) mass is 441 g/mol. The van der Waals surface area contributed by atoms with E-state index in [0.717, 1.165) is 17.5 Å². The van der Waals surface area contributed by atoms with Gasteiger partial charge in [0, 0.05) is 25.9 Å². The highest BCUT2D eigenvalue weighted by atomic mass is 16.5. The van der Waals surface area contributed by atoms with Crippen LogP contribution in [-0.4, -0.2) is 29.9 Å². The third kappa shape index (κ3) is 6.55. The molecular formula is C29H31NO3. The molecule has 1 atom stereocenters. The number of rotatable bonds is 8. The van der Waals surface area contributed by atoms with Crippen LogP contribution < -0.4 is 0 Å². The summed E-state index contributed by atoms with van der Waals surface area (Å²) in [6.45, 7) is 1.23. The minimum absolute atomic E-state index is 0.156. The van der Waals surface area contributed by atoms with E-state index in [1.165, 1.54) is 5.56 Å². The number of amides is 1. The number of esters is 1. The van der Waals surface area contributed by atoms with Crippen LogP contribution in [0.15, 0.2) is 91.0 Å². The van der Waals surface area contributed by atoms with E-state index in [-0.39, 0.29) is 23.9 Å². The Kier molecular flexibility index (Phi) is 7.91. The lowest BCUT2D eigenvalue weighted by Crippen LogP contribution is -2.41. The number of hydrogen-bond acceptors (Lipinski definition) is 3. The number of ether oxygens (including phenoxy) is 1. The molecule has 0 aromatic heterocycles. The first kappa shape index (κ1) is 22.8. The van der Waals surface area contributed by atoms with Crippen molar-refractivity contribution in [3.63, 3.8) is 0 Å². The Morgan fingerprint density at radius 1 is 0.788 bits per heavy atom. The van der Waals surface area contributed by atoms with Crippen molar-refractivity contribution in [3.05, 3.63) is 108 Å². The molecule has 0 bridgehead atoms. The highest BCUT2D eigenvalue weighted by Gasteiger charge is 2.30. The molecule has 0 spiro atoms. The zero-order valence-electron chi connectivity index (χ0n) is 18.9. The second-order valence-corrected chi connectivity index (χ2v) is 8.67. The van der Waals surface area contributed by atoms with Crippen LogP contribution in [0.4, 0.5) is 0 Å². The standard InChI is InChI=1S/C29H31NO3/c31-28(17-16-23-10-4-1-5-11-23)30-20-18-26(19-21-30)29(32)33-27(25-14-8-3-9-15-25)22-24-12-6-2-7-13-24/h1-15,26-27H,16-22H2/t27-/m1/s1. The molecule has 1 fully saturated rings. The smallest absolute Gasteiger partial charge is 0.309 e. The predicted molar refractivity (Wildman–Crippen MR) is 129 cm³/mol. The maximum atomic E-state index is 13.0. The van der Waals surface area contributed by atoms with Gasteiger partial charge in [-0.2, -0.15) is 0 Å². The average Bonchev–Trinajstić information content (AvgIpc) is 2.88. The van der Waals surface area contributed by atoms with Crippen LogP contribution in [0.3, 0.4) is 0 Å². The number of hydrogen-bond donors (Lipinski definition) is 0. The Labute approximate surface area is 196 Å². The van der Waals surface area contributed by atoms with Gasteiger partial charge in [0.05, 0.1) is 5.92 Å². The summed E-state index contributed by atoms with van der Waals surface area (Å²) in [6, 6.07) is 30.1. The fourth-order valence-corrected chi connectivity index (χ4v) is 4.38. The molecule has 4 nitrogen and oxygen atoms in total. The number of carbonyl (C=O) groups is 2. The van der Waals surface area contributed by atoms with Crippen molar-refractivity contribution in [1.82, 2.24) is 4.90 Å². The fraction of sp³-hybridized carbons (Fsp3) is 0.310. The van der Waals surface area contributed by atoms with Gasteiger partial charge < -0.3 is 9.64 Å². The van der Waals surface area contributed by atoms with Gasteiger partial charge in [-0.05, 0) is 36.0 Å². The predicted octanol–water partition coefficient (Wildman–Crippen LogP) is 5.39. The van der Waals surface area contributed by atoms with E-state index in [1.807, 2.05) is 83.8 Å². The van der Waals surface area contributed by atoms with E-state index in [9.17, 15) is 9.59 Å². The highest BCUT2D eigenvalue weighted by molar-refractivity contribution is 5.77. The summed E-state index contributed by atoms with van der Waals surface area (Å²) in [5.41, 5.74) is 3.32. The molecule has 170 valence electrons. The Morgan fingerprint density at radius 3 is 1.94 bits per heavy atom. The molecule has 0 unspecified atom stereocenters. The molecular weight excluding hydrogens is 410 g/mol. The number of benzene rings is 3. The molecule has 33 heavy (non-hydrogen) atoms. The lowest BCUT2D eigenvalue weighted by atomic mass is 9.95. The number of carbonyl (C=O) groups excluding carboxylic acids is 2. The van der Waals surface area contributed by atoms with Gasteiger partial charge >= 0.3 is 5.97 Å². The van der Waals surface area contributed by atoms with Crippen molar-refractivity contribution < 1.29 is 14.3 Å². The van der Waals surface area contributed by atoms with Crippen LogP contribution in [0.1, 0.15) is 42.1 Å². The average molecular weight is 442 g/mol. The Balaban J connectivity index is 1.30. The Bertz CT molecular complexity index is 1010. The first-order chi connectivity index (χ1) is 16.2. The Morgan fingerprint density at radius 2 is 1.33 bits per heavy atom. The largest absolute Gasteiger partial charge is 0.457 e. The first-order valence-electron chi connectivity index (χ1n) is 11.8. The quantitative estimate of drug-likeness (QED) is 0.441. The van der Waals surface area contributed by atoms with Crippen molar-refractivity contribution in [3.8, 4) is 0 Å². The lowest BCUT2D eigenvalue weighted by molar-refractivity contribution is -0.157. The Hall–Kier alpha value is -3.40. The maximum Gasteiger partial charge on any atom is 0.309 e. The maximum absolute atomic E-state index is 13.0. The van der Waals surface area contributed by atoms with Crippen molar-refractivity contribution in [2.24, 2.45) is 5.92 Å². The summed E-state index contributed by atoms with van der Waals surface area (Å²) in [5, 5.41) is 0. The van der Waals surface area contributed by atoms with Crippen LogP contribution in [-0.2, 0) is 27.2 Å². The van der Waals surface area contributed by atoms with Gasteiger partial charge in [0.15, 0.2) is 0 Å². The molecule has 0 radical (unpaired) electrons. The summed E-state index contributed by atoms with van der Waals surface area (Å²) in [4.78, 5) is 27.6. The molecule has 1 amide bonds. The summed E-state index contributed by atoms with van der Waals surface area (Å²) >= 11 is 0. The van der Waals surface area contributed by atoms with E-state index >= 15 is 0 Å². The van der Waals surface area contributed by atoms with Crippen molar-refractivity contribution in [2.75, 3.05) is 13.1 Å². The molecule has 1 aliphatic heterocycles. The van der Waals surface area contributed by atoms with Crippen molar-refractivity contribution >= 4 is 11.9 Å². The molecule has 1 heterocycles. The highest BCUT2D eigenvalue weighted by Crippen LogP contribution is 2.27. The minimum Gasteiger partial charge on any atom is -0.457 e. The van der Waals surface area contributed by atoms with Gasteiger partial charge in [0.25, 0.3) is 0 Å². The van der Waals surface area contributed by atoms with E-state index < -0.39 is 0 Å². The third-order valence-electron chi connectivity index (χ3n) is 6.35. The van der Waals surface area contributed by atoms with Gasteiger partial charge in [0.2, 0.25) is 5.91 Å². The molecule has 0 N–H and O–H groups in total. The lowest BCUT2D eigenvalue weighted by Gasteiger charge is -2.32. The summed E-state index contributed by atoms with van der Waals surface area (Å²) in [7, 11) is 0. The molecule has 0 saturated carbocycles. The summed E-state index contributed by atoms with van der Waals surface area (Å²) in [6.07, 6.45) is 2.90. The molecule has 3 aromatic carbocycles. The summed E-state index contributed by atoms with van der Waals surface area (Å²) in [5.74, 6) is -0.154. The molecule has 4 heteroatoms. The van der Waals surface area contributed by atoms with Crippen LogP contribution in [0.25, 0.3) is 0 Å². The van der Waals surface area contributed by atoms with Crippen molar-refractivity contribution in [1.29, 1.82) is 0 Å². The van der Waals surface area contributed by atoms with E-state index in [0.29, 0.717) is 38.8 Å². The molecule has 0 aliphatic carbocycles. The van der Waals surface area contributed by atoms with Gasteiger partial charge in [-0.25, -0.2) is 0 Å². The van der Waals surface area contributed by atoms with Crippen LogP contribution in [0, 0.1) is 5.92 Å². The van der Waals surface area contributed by atoms with Gasteiger partial charge in [-0.1, -0.05) is 91.0 Å². The summed E-state index contributed by atoms with van der Waals surface area (Å²) < 4.78 is 6.04. The van der Waals surface area contributed by atoms with E-state index in [2.05, 4.69) is 12.1 Å². The fourth-order valence-electron chi connectivity index (χ4n) is 4.38. The topological polar surface area (TPSA) is 46.6 Å². The molecule has 1 aliphatic rings.